The predicted octanol–water partition coefficient (Wildman–Crippen LogP) is 4.41. The SMILES string of the molecule is [N-]=[N+]=NCCC#Cc1cc(Cl)cc(C(F)(F)F)c1. The summed E-state index contributed by atoms with van der Waals surface area (Å²) in [6, 6.07) is 3.11. The van der Waals surface area contributed by atoms with E-state index in [1.54, 1.807) is 0 Å². The van der Waals surface area contributed by atoms with E-state index in [4.69, 9.17) is 17.1 Å². The molecule has 0 bridgehead atoms. The number of halogens is 4. The van der Waals surface area contributed by atoms with Crippen LogP contribution in [0.3, 0.4) is 0 Å². The van der Waals surface area contributed by atoms with Crippen molar-refractivity contribution in [2.24, 2.45) is 5.11 Å². The molecule has 0 saturated heterocycles. The van der Waals surface area contributed by atoms with Crippen LogP contribution in [-0.2, 0) is 6.18 Å². The van der Waals surface area contributed by atoms with Crippen LogP contribution in [0.1, 0.15) is 17.5 Å². The largest absolute Gasteiger partial charge is 0.416 e. The molecule has 3 nitrogen and oxygen atoms in total. The minimum atomic E-state index is -4.45. The Morgan fingerprint density at radius 2 is 2.06 bits per heavy atom. The van der Waals surface area contributed by atoms with E-state index in [-0.39, 0.29) is 23.6 Å². The third-order valence-electron chi connectivity index (χ3n) is 1.86. The maximum atomic E-state index is 12.5. The van der Waals surface area contributed by atoms with Gasteiger partial charge in [0.05, 0.1) is 5.56 Å². The van der Waals surface area contributed by atoms with Crippen LogP contribution in [-0.4, -0.2) is 6.54 Å². The molecule has 0 fully saturated rings. The van der Waals surface area contributed by atoms with Gasteiger partial charge in [-0.3, -0.25) is 0 Å². The Bertz CT molecular complexity index is 537. The van der Waals surface area contributed by atoms with E-state index in [9.17, 15) is 13.2 Å². The van der Waals surface area contributed by atoms with Crippen molar-refractivity contribution >= 4 is 11.6 Å². The topological polar surface area (TPSA) is 48.8 Å². The summed E-state index contributed by atoms with van der Waals surface area (Å²) in [5.41, 5.74) is 7.35. The van der Waals surface area contributed by atoms with Crippen molar-refractivity contribution in [2.75, 3.05) is 6.54 Å². The van der Waals surface area contributed by atoms with Gasteiger partial charge in [-0.05, 0) is 23.7 Å². The summed E-state index contributed by atoms with van der Waals surface area (Å²) in [6.45, 7) is 0.177. The molecule has 0 saturated carbocycles. The van der Waals surface area contributed by atoms with Crippen LogP contribution in [0, 0.1) is 11.8 Å². The Labute approximate surface area is 106 Å². The Morgan fingerprint density at radius 1 is 1.33 bits per heavy atom. The first-order valence-electron chi connectivity index (χ1n) is 4.81. The summed E-state index contributed by atoms with van der Waals surface area (Å²) in [5, 5.41) is 3.23. The first kappa shape index (κ1) is 14.2. The molecule has 0 atom stereocenters. The van der Waals surface area contributed by atoms with E-state index in [2.05, 4.69) is 21.9 Å². The molecule has 7 heteroatoms. The number of hydrogen-bond acceptors (Lipinski definition) is 1. The van der Waals surface area contributed by atoms with E-state index in [1.165, 1.54) is 6.07 Å². The zero-order chi connectivity index (χ0) is 13.6. The zero-order valence-corrected chi connectivity index (χ0v) is 9.76. The molecular formula is C11H7ClF3N3. The third kappa shape index (κ3) is 4.58. The monoisotopic (exact) mass is 273 g/mol. The van der Waals surface area contributed by atoms with Crippen LogP contribution >= 0.6 is 11.6 Å². The van der Waals surface area contributed by atoms with Gasteiger partial charge in [-0.25, -0.2) is 0 Å². The number of nitrogens with zero attached hydrogens (tertiary/aromatic N) is 3. The molecule has 0 radical (unpaired) electrons. The molecule has 0 aliphatic heterocycles. The fourth-order valence-corrected chi connectivity index (χ4v) is 1.38. The van der Waals surface area contributed by atoms with Gasteiger partial charge >= 0.3 is 6.18 Å². The highest BCUT2D eigenvalue weighted by atomic mass is 35.5. The van der Waals surface area contributed by atoms with Crippen molar-refractivity contribution in [3.63, 3.8) is 0 Å². The van der Waals surface area contributed by atoms with Crippen LogP contribution in [0.2, 0.25) is 5.02 Å². The number of alkyl halides is 3. The van der Waals surface area contributed by atoms with Gasteiger partial charge < -0.3 is 0 Å². The van der Waals surface area contributed by atoms with Gasteiger partial charge in [-0.1, -0.05) is 28.6 Å². The minimum absolute atomic E-state index is 0.0239. The first-order chi connectivity index (χ1) is 8.43. The smallest absolute Gasteiger partial charge is 0.166 e. The lowest BCUT2D eigenvalue weighted by atomic mass is 10.1. The molecule has 1 rings (SSSR count). The van der Waals surface area contributed by atoms with Crippen LogP contribution in [0.25, 0.3) is 10.4 Å². The summed E-state index contributed by atoms with van der Waals surface area (Å²) in [7, 11) is 0. The van der Waals surface area contributed by atoms with Gasteiger partial charge in [0.15, 0.2) is 0 Å². The summed E-state index contributed by atoms with van der Waals surface area (Å²) in [4.78, 5) is 2.53. The third-order valence-corrected chi connectivity index (χ3v) is 2.08. The van der Waals surface area contributed by atoms with Crippen LogP contribution in [0.15, 0.2) is 23.3 Å². The Balaban J connectivity index is 2.90. The second-order valence-electron chi connectivity index (χ2n) is 3.23. The van der Waals surface area contributed by atoms with Crippen LogP contribution in [0.4, 0.5) is 13.2 Å². The number of benzene rings is 1. The van der Waals surface area contributed by atoms with E-state index in [0.717, 1.165) is 12.1 Å². The van der Waals surface area contributed by atoms with Crippen molar-refractivity contribution in [2.45, 2.75) is 12.6 Å². The summed E-state index contributed by atoms with van der Waals surface area (Å²) in [5.74, 6) is 5.14. The molecule has 18 heavy (non-hydrogen) atoms. The lowest BCUT2D eigenvalue weighted by molar-refractivity contribution is -0.137. The molecule has 94 valence electrons. The molecule has 1 aromatic carbocycles. The molecule has 0 aromatic heterocycles. The van der Waals surface area contributed by atoms with E-state index >= 15 is 0 Å². The molecule has 0 unspecified atom stereocenters. The van der Waals surface area contributed by atoms with Gasteiger partial charge in [0.2, 0.25) is 0 Å². The Kier molecular flexibility index (Phi) is 4.90. The van der Waals surface area contributed by atoms with Gasteiger partial charge in [-0.15, -0.1) is 0 Å². The molecule has 0 amide bonds. The fourth-order valence-electron chi connectivity index (χ4n) is 1.14. The second-order valence-corrected chi connectivity index (χ2v) is 3.67. The molecule has 0 aliphatic rings. The molecule has 0 N–H and O–H groups in total. The van der Waals surface area contributed by atoms with E-state index in [1.807, 2.05) is 0 Å². The standard InChI is InChI=1S/C11H7ClF3N3/c12-10-6-8(3-1-2-4-17-18-16)5-9(7-10)11(13,14)15/h5-7H,2,4H2. The molecule has 1 aromatic rings. The van der Waals surface area contributed by atoms with Crippen LogP contribution in [0.5, 0.6) is 0 Å². The zero-order valence-electron chi connectivity index (χ0n) is 9.00. The highest BCUT2D eigenvalue weighted by Gasteiger charge is 2.30. The summed E-state index contributed by atoms with van der Waals surface area (Å²) >= 11 is 5.58. The molecular weight excluding hydrogens is 267 g/mol. The number of azide groups is 1. The average Bonchev–Trinajstić information content (AvgIpc) is 2.27. The molecule has 0 aliphatic carbocycles. The van der Waals surface area contributed by atoms with Crippen molar-refractivity contribution in [1.29, 1.82) is 0 Å². The van der Waals surface area contributed by atoms with Gasteiger partial charge in [0, 0.05) is 28.5 Å². The molecule has 0 spiro atoms. The number of rotatable bonds is 2. The average molecular weight is 274 g/mol. The van der Waals surface area contributed by atoms with E-state index in [0.29, 0.717) is 0 Å². The Morgan fingerprint density at radius 3 is 2.67 bits per heavy atom. The normalized spacial score (nSPS) is 10.2. The van der Waals surface area contributed by atoms with Gasteiger partial charge in [-0.2, -0.15) is 13.2 Å². The predicted molar refractivity (Wildman–Crippen MR) is 62.0 cm³/mol. The number of hydrogen-bond donors (Lipinski definition) is 0. The highest BCUT2D eigenvalue weighted by molar-refractivity contribution is 6.30. The highest BCUT2D eigenvalue weighted by Crippen LogP contribution is 2.31. The molecule has 0 heterocycles. The van der Waals surface area contributed by atoms with Crippen molar-refractivity contribution in [1.82, 2.24) is 0 Å². The van der Waals surface area contributed by atoms with Crippen molar-refractivity contribution < 1.29 is 13.2 Å². The first-order valence-corrected chi connectivity index (χ1v) is 5.19. The lowest BCUT2D eigenvalue weighted by Gasteiger charge is -2.07. The van der Waals surface area contributed by atoms with Gasteiger partial charge in [0.25, 0.3) is 0 Å². The van der Waals surface area contributed by atoms with E-state index < -0.39 is 11.7 Å². The van der Waals surface area contributed by atoms with Gasteiger partial charge in [0.1, 0.15) is 0 Å². The minimum Gasteiger partial charge on any atom is -0.166 e. The van der Waals surface area contributed by atoms with Crippen molar-refractivity contribution in [3.05, 3.63) is 44.8 Å². The Hall–Kier alpha value is -1.83. The maximum Gasteiger partial charge on any atom is 0.416 e. The second kappa shape index (κ2) is 6.20. The summed E-state index contributed by atoms with van der Waals surface area (Å²) in [6.07, 6.45) is -4.18. The van der Waals surface area contributed by atoms with Crippen LogP contribution < -0.4 is 0 Å². The maximum absolute atomic E-state index is 12.5. The lowest BCUT2D eigenvalue weighted by Crippen LogP contribution is -2.05. The quantitative estimate of drug-likeness (QED) is 0.252. The van der Waals surface area contributed by atoms with Crippen molar-refractivity contribution in [3.8, 4) is 11.8 Å². The summed E-state index contributed by atoms with van der Waals surface area (Å²) < 4.78 is 37.4. The fraction of sp³-hybridized carbons (Fsp3) is 0.273.